The highest BCUT2D eigenvalue weighted by Gasteiger charge is 2.65. The van der Waals surface area contributed by atoms with Crippen LogP contribution >= 0.6 is 11.6 Å². The van der Waals surface area contributed by atoms with Crippen molar-refractivity contribution in [3.63, 3.8) is 0 Å². The second-order valence-corrected chi connectivity index (χ2v) is 10.8. The van der Waals surface area contributed by atoms with Gasteiger partial charge in [0.05, 0.1) is 6.61 Å². The van der Waals surface area contributed by atoms with E-state index in [1.54, 1.807) is 0 Å². The molecule has 180 valence electrons. The Kier molecular flexibility index (Phi) is 6.62. The van der Waals surface area contributed by atoms with Gasteiger partial charge < -0.3 is 10.5 Å². The number of benzene rings is 2. The number of pyridine rings is 1. The summed E-state index contributed by atoms with van der Waals surface area (Å²) in [6.45, 7) is 5.09. The van der Waals surface area contributed by atoms with Gasteiger partial charge in [-0.2, -0.15) is 0 Å². The van der Waals surface area contributed by atoms with Gasteiger partial charge in [0.15, 0.2) is 0 Å². The van der Waals surface area contributed by atoms with Crippen molar-refractivity contribution in [2.45, 2.75) is 58.4 Å². The summed E-state index contributed by atoms with van der Waals surface area (Å²) in [4.78, 5) is 4.51. The molecule has 1 atom stereocenters. The number of hydrogen-bond acceptors (Lipinski definition) is 3. The number of nitrogens with zero attached hydrogens (tertiary/aromatic N) is 1. The topological polar surface area (TPSA) is 48.1 Å². The molecule has 0 amide bonds. The molecule has 1 heterocycles. The van der Waals surface area contributed by atoms with Gasteiger partial charge in [0.25, 0.3) is 0 Å². The molecular formula is C31H33ClN2O. The number of aryl methyl sites for hydroxylation is 1. The van der Waals surface area contributed by atoms with Crippen LogP contribution < -0.4 is 10.5 Å². The number of aromatic nitrogens is 1. The van der Waals surface area contributed by atoms with Crippen LogP contribution in [-0.2, 0) is 0 Å². The Labute approximate surface area is 214 Å². The Hall–Kier alpha value is -2.80. The highest BCUT2D eigenvalue weighted by atomic mass is 35.5. The molecule has 35 heavy (non-hydrogen) atoms. The van der Waals surface area contributed by atoms with Crippen molar-refractivity contribution in [2.24, 2.45) is 16.6 Å². The number of nitrogens with two attached hydrogens (primary N) is 1. The van der Waals surface area contributed by atoms with Crippen molar-refractivity contribution in [2.75, 3.05) is 6.61 Å². The molecule has 4 heteroatoms. The first-order valence-electron chi connectivity index (χ1n) is 12.7. The van der Waals surface area contributed by atoms with Gasteiger partial charge in [0, 0.05) is 33.8 Å². The second kappa shape index (κ2) is 9.69. The third-order valence-electron chi connectivity index (χ3n) is 7.96. The summed E-state index contributed by atoms with van der Waals surface area (Å²) in [5.41, 5.74) is 12.0. The molecule has 0 saturated heterocycles. The molecule has 2 N–H and O–H groups in total. The summed E-state index contributed by atoms with van der Waals surface area (Å²) in [6, 6.07) is 18.3. The number of ether oxygens (including phenoxy) is 1. The molecule has 2 aliphatic rings. The van der Waals surface area contributed by atoms with Crippen LogP contribution in [0.25, 0.3) is 11.1 Å². The fourth-order valence-electron chi connectivity index (χ4n) is 5.25. The van der Waals surface area contributed by atoms with Crippen molar-refractivity contribution in [3.05, 3.63) is 82.6 Å². The largest absolute Gasteiger partial charge is 0.493 e. The number of rotatable bonds is 8. The lowest BCUT2D eigenvalue weighted by molar-refractivity contribution is 0.143. The van der Waals surface area contributed by atoms with E-state index >= 15 is 0 Å². The van der Waals surface area contributed by atoms with Gasteiger partial charge in [-0.15, -0.1) is 0 Å². The zero-order chi connectivity index (χ0) is 24.5. The normalized spacial score (nSPS) is 17.7. The van der Waals surface area contributed by atoms with E-state index in [-0.39, 0.29) is 0 Å². The molecule has 3 aromatic rings. The molecular weight excluding hydrogens is 452 g/mol. The zero-order valence-electron chi connectivity index (χ0n) is 20.6. The van der Waals surface area contributed by atoms with E-state index < -0.39 is 0 Å². The molecule has 0 bridgehead atoms. The number of hydrogen-bond donors (Lipinski definition) is 1. The molecule has 2 aliphatic carbocycles. The summed E-state index contributed by atoms with van der Waals surface area (Å²) in [6.07, 6.45) is 9.23. The second-order valence-electron chi connectivity index (χ2n) is 10.4. The Morgan fingerprint density at radius 2 is 1.69 bits per heavy atom. The lowest BCUT2D eigenvalue weighted by Crippen LogP contribution is -2.32. The minimum atomic E-state index is 0.317. The van der Waals surface area contributed by atoms with Crippen LogP contribution in [0.5, 0.6) is 5.75 Å². The maximum absolute atomic E-state index is 6.38. The summed E-state index contributed by atoms with van der Waals surface area (Å²) in [7, 11) is 0. The standard InChI is InChI=1S/C31H33ClN2O/c1-3-27(33)19-30(14-15-30)31(16-17-31)21-35-29-13-5-23(18-22(29)2)4-11-28-12-8-25(20-34-28)24-6-9-26(32)10-7-24/h5-10,12-13,18,20,27H,3,14-17,19,21,33H2,1-2H3. The first kappa shape index (κ1) is 23.9. The van der Waals surface area contributed by atoms with Gasteiger partial charge in [-0.25, -0.2) is 4.98 Å². The average Bonchev–Trinajstić information content (AvgIpc) is 3.80. The average molecular weight is 485 g/mol. The minimum Gasteiger partial charge on any atom is -0.493 e. The molecule has 0 spiro atoms. The van der Waals surface area contributed by atoms with Crippen molar-refractivity contribution in [3.8, 4) is 28.7 Å². The van der Waals surface area contributed by atoms with Gasteiger partial charge >= 0.3 is 0 Å². The van der Waals surface area contributed by atoms with E-state index in [0.29, 0.717) is 16.9 Å². The van der Waals surface area contributed by atoms with Crippen LogP contribution in [-0.4, -0.2) is 17.6 Å². The third-order valence-corrected chi connectivity index (χ3v) is 8.22. The van der Waals surface area contributed by atoms with E-state index in [4.69, 9.17) is 22.1 Å². The van der Waals surface area contributed by atoms with E-state index in [2.05, 4.69) is 42.8 Å². The third kappa shape index (κ3) is 5.25. The van der Waals surface area contributed by atoms with Crippen molar-refractivity contribution in [1.29, 1.82) is 0 Å². The predicted octanol–water partition coefficient (Wildman–Crippen LogP) is 7.18. The first-order valence-corrected chi connectivity index (χ1v) is 13.0. The van der Waals surface area contributed by atoms with Gasteiger partial charge in [0.2, 0.25) is 0 Å². The Morgan fingerprint density at radius 3 is 2.29 bits per heavy atom. The SMILES string of the molecule is CCC(N)CC1(C2(COc3ccc(C#Cc4ccc(-c5ccc(Cl)cc5)cn4)cc3C)CC2)CC1. The van der Waals surface area contributed by atoms with E-state index in [0.717, 1.165) is 58.2 Å². The number of halogens is 1. The molecule has 2 aromatic carbocycles. The zero-order valence-corrected chi connectivity index (χ0v) is 21.4. The van der Waals surface area contributed by atoms with Crippen LogP contribution in [0.1, 0.15) is 62.3 Å². The molecule has 0 radical (unpaired) electrons. The van der Waals surface area contributed by atoms with Crippen LogP contribution in [0.15, 0.2) is 60.8 Å². The van der Waals surface area contributed by atoms with E-state index in [1.165, 1.54) is 25.7 Å². The monoisotopic (exact) mass is 484 g/mol. The maximum Gasteiger partial charge on any atom is 0.122 e. The van der Waals surface area contributed by atoms with E-state index in [1.807, 2.05) is 48.7 Å². The Morgan fingerprint density at radius 1 is 0.971 bits per heavy atom. The molecule has 1 aromatic heterocycles. The molecule has 3 nitrogen and oxygen atoms in total. The fourth-order valence-corrected chi connectivity index (χ4v) is 5.37. The Balaban J connectivity index is 1.21. The quantitative estimate of drug-likeness (QED) is 0.344. The summed E-state index contributed by atoms with van der Waals surface area (Å²) in [5.74, 6) is 7.38. The summed E-state index contributed by atoms with van der Waals surface area (Å²) in [5, 5.41) is 0.728. The predicted molar refractivity (Wildman–Crippen MR) is 144 cm³/mol. The van der Waals surface area contributed by atoms with Gasteiger partial charge in [0.1, 0.15) is 11.4 Å². The van der Waals surface area contributed by atoms with Crippen LogP contribution in [0.3, 0.4) is 0 Å². The van der Waals surface area contributed by atoms with Crippen LogP contribution in [0, 0.1) is 29.6 Å². The smallest absolute Gasteiger partial charge is 0.122 e. The molecule has 5 rings (SSSR count). The maximum atomic E-state index is 6.38. The summed E-state index contributed by atoms with van der Waals surface area (Å²) >= 11 is 5.98. The molecule has 2 fully saturated rings. The van der Waals surface area contributed by atoms with Crippen LogP contribution in [0.4, 0.5) is 0 Å². The fraction of sp³-hybridized carbons (Fsp3) is 0.387. The lowest BCUT2D eigenvalue weighted by atomic mass is 9.80. The minimum absolute atomic E-state index is 0.317. The van der Waals surface area contributed by atoms with Crippen molar-refractivity contribution >= 4 is 11.6 Å². The van der Waals surface area contributed by atoms with Gasteiger partial charge in [-0.05, 0) is 104 Å². The lowest BCUT2D eigenvalue weighted by Gasteiger charge is -2.29. The highest BCUT2D eigenvalue weighted by molar-refractivity contribution is 6.30. The molecule has 2 saturated carbocycles. The van der Waals surface area contributed by atoms with Crippen molar-refractivity contribution < 1.29 is 4.74 Å². The van der Waals surface area contributed by atoms with Gasteiger partial charge in [-0.3, -0.25) is 0 Å². The highest BCUT2D eigenvalue weighted by Crippen LogP contribution is 2.72. The summed E-state index contributed by atoms with van der Waals surface area (Å²) < 4.78 is 6.38. The molecule has 0 aliphatic heterocycles. The van der Waals surface area contributed by atoms with Crippen molar-refractivity contribution in [1.82, 2.24) is 4.98 Å². The Bertz CT molecular complexity index is 1250. The first-order chi connectivity index (χ1) is 16.9. The van der Waals surface area contributed by atoms with Crippen LogP contribution in [0.2, 0.25) is 5.02 Å². The van der Waals surface area contributed by atoms with E-state index in [9.17, 15) is 0 Å². The van der Waals surface area contributed by atoms with Gasteiger partial charge in [-0.1, -0.05) is 42.6 Å². The molecule has 1 unspecified atom stereocenters.